The fourth-order valence-corrected chi connectivity index (χ4v) is 3.56. The fraction of sp³-hybridized carbons (Fsp3) is 0.450. The Hall–Kier alpha value is -2.61. The van der Waals surface area contributed by atoms with Crippen LogP contribution in [-0.4, -0.2) is 36.1 Å². The molecule has 1 saturated carbocycles. The van der Waals surface area contributed by atoms with Crippen LogP contribution >= 0.6 is 0 Å². The summed E-state index contributed by atoms with van der Waals surface area (Å²) in [7, 11) is 2.12. The lowest BCUT2D eigenvalue weighted by molar-refractivity contribution is 0.680. The van der Waals surface area contributed by atoms with Gasteiger partial charge < -0.3 is 9.80 Å². The molecule has 2 fully saturated rings. The van der Waals surface area contributed by atoms with Gasteiger partial charge in [0.05, 0.1) is 11.3 Å². The number of nitriles is 1. The highest BCUT2D eigenvalue weighted by Crippen LogP contribution is 2.38. The Balaban J connectivity index is 1.51. The molecule has 5 nitrogen and oxygen atoms in total. The molecule has 2 aromatic rings. The van der Waals surface area contributed by atoms with Crippen molar-refractivity contribution in [1.82, 2.24) is 9.97 Å². The molecule has 0 radical (unpaired) electrons. The number of anilines is 2. The van der Waals surface area contributed by atoms with Crippen LogP contribution in [0.3, 0.4) is 0 Å². The molecule has 0 N–H and O–H groups in total. The second kappa shape index (κ2) is 6.36. The van der Waals surface area contributed by atoms with Gasteiger partial charge in [0.1, 0.15) is 17.7 Å². The van der Waals surface area contributed by atoms with Crippen molar-refractivity contribution in [2.75, 3.05) is 29.9 Å². The maximum Gasteiger partial charge on any atom is 0.133 e. The van der Waals surface area contributed by atoms with E-state index in [2.05, 4.69) is 40.9 Å². The lowest BCUT2D eigenvalue weighted by atomic mass is 10.1. The fourth-order valence-electron chi connectivity index (χ4n) is 3.56. The lowest BCUT2D eigenvalue weighted by Gasteiger charge is -2.27. The minimum Gasteiger partial charge on any atom is -0.368 e. The van der Waals surface area contributed by atoms with Gasteiger partial charge in [0.15, 0.2) is 0 Å². The van der Waals surface area contributed by atoms with E-state index in [0.29, 0.717) is 12.0 Å². The predicted molar refractivity (Wildman–Crippen MR) is 98.9 cm³/mol. The zero-order valence-electron chi connectivity index (χ0n) is 14.8. The summed E-state index contributed by atoms with van der Waals surface area (Å²) >= 11 is 0. The van der Waals surface area contributed by atoms with Crippen molar-refractivity contribution < 1.29 is 0 Å². The molecule has 0 spiro atoms. The molecule has 0 bridgehead atoms. The smallest absolute Gasteiger partial charge is 0.133 e. The van der Waals surface area contributed by atoms with Crippen molar-refractivity contribution >= 4 is 11.5 Å². The summed E-state index contributed by atoms with van der Waals surface area (Å²) in [6.45, 7) is 3.95. The van der Waals surface area contributed by atoms with Gasteiger partial charge in [0, 0.05) is 38.3 Å². The molecule has 2 heterocycles. The summed E-state index contributed by atoms with van der Waals surface area (Å²) in [5.41, 5.74) is 3.00. The first-order chi connectivity index (χ1) is 12.2. The van der Waals surface area contributed by atoms with Gasteiger partial charge in [-0.2, -0.15) is 5.26 Å². The Morgan fingerprint density at radius 1 is 1.24 bits per heavy atom. The van der Waals surface area contributed by atoms with Crippen LogP contribution in [0.25, 0.3) is 0 Å². The molecule has 1 unspecified atom stereocenters. The summed E-state index contributed by atoms with van der Waals surface area (Å²) in [6.07, 6.45) is 5.38. The SMILES string of the molecule is Cc1ccc(C#N)c(N2CCC(N(C)c3ccnc(C4CC4)n3)C2)c1. The van der Waals surface area contributed by atoms with E-state index in [4.69, 9.17) is 4.98 Å². The van der Waals surface area contributed by atoms with E-state index in [1.807, 2.05) is 24.4 Å². The third-order valence-electron chi connectivity index (χ3n) is 5.29. The molecule has 1 aromatic carbocycles. The highest BCUT2D eigenvalue weighted by molar-refractivity contribution is 5.61. The number of hydrogen-bond donors (Lipinski definition) is 0. The largest absolute Gasteiger partial charge is 0.368 e. The van der Waals surface area contributed by atoms with Gasteiger partial charge in [-0.05, 0) is 49.9 Å². The Morgan fingerprint density at radius 2 is 2.08 bits per heavy atom. The van der Waals surface area contributed by atoms with Crippen LogP contribution in [0.2, 0.25) is 0 Å². The van der Waals surface area contributed by atoms with Crippen LogP contribution in [0.15, 0.2) is 30.5 Å². The van der Waals surface area contributed by atoms with Crippen LogP contribution in [-0.2, 0) is 0 Å². The van der Waals surface area contributed by atoms with E-state index in [-0.39, 0.29) is 0 Å². The summed E-state index contributed by atoms with van der Waals surface area (Å²) in [5.74, 6) is 2.57. The van der Waals surface area contributed by atoms with Crippen LogP contribution < -0.4 is 9.80 Å². The zero-order chi connectivity index (χ0) is 17.4. The van der Waals surface area contributed by atoms with Crippen LogP contribution in [0.1, 0.15) is 42.1 Å². The third-order valence-corrected chi connectivity index (χ3v) is 5.29. The number of rotatable bonds is 4. The first kappa shape index (κ1) is 15.9. The van der Waals surface area contributed by atoms with Crippen molar-refractivity contribution in [3.8, 4) is 6.07 Å². The van der Waals surface area contributed by atoms with Gasteiger partial charge in [-0.1, -0.05) is 6.07 Å². The summed E-state index contributed by atoms with van der Waals surface area (Å²) < 4.78 is 0. The maximum absolute atomic E-state index is 9.41. The molecule has 0 amide bonds. The van der Waals surface area contributed by atoms with Crippen molar-refractivity contribution in [2.24, 2.45) is 0 Å². The second-order valence-electron chi connectivity index (χ2n) is 7.18. The quantitative estimate of drug-likeness (QED) is 0.860. The van der Waals surface area contributed by atoms with Crippen LogP contribution in [0, 0.1) is 18.3 Å². The summed E-state index contributed by atoms with van der Waals surface area (Å²) in [4.78, 5) is 13.8. The minimum absolute atomic E-state index is 0.397. The first-order valence-electron chi connectivity index (χ1n) is 8.97. The summed E-state index contributed by atoms with van der Waals surface area (Å²) in [6, 6.07) is 10.8. The van der Waals surface area contributed by atoms with Gasteiger partial charge in [-0.25, -0.2) is 9.97 Å². The van der Waals surface area contributed by atoms with Gasteiger partial charge in [0.25, 0.3) is 0 Å². The Kier molecular flexibility index (Phi) is 4.04. The number of likely N-dealkylation sites (N-methyl/N-ethyl adjacent to an activating group) is 1. The third kappa shape index (κ3) is 3.17. The van der Waals surface area contributed by atoms with Crippen molar-refractivity contribution in [2.45, 2.75) is 38.1 Å². The van der Waals surface area contributed by atoms with Gasteiger partial charge >= 0.3 is 0 Å². The van der Waals surface area contributed by atoms with Crippen LogP contribution in [0.5, 0.6) is 0 Å². The Labute approximate surface area is 148 Å². The van der Waals surface area contributed by atoms with E-state index in [1.54, 1.807) is 0 Å². The Bertz CT molecular complexity index is 821. The molecular formula is C20H23N5. The van der Waals surface area contributed by atoms with Gasteiger partial charge in [-0.15, -0.1) is 0 Å². The normalized spacial score (nSPS) is 19.7. The van der Waals surface area contributed by atoms with E-state index >= 15 is 0 Å². The second-order valence-corrected chi connectivity index (χ2v) is 7.18. The molecule has 5 heteroatoms. The van der Waals surface area contributed by atoms with Gasteiger partial charge in [-0.3, -0.25) is 0 Å². The van der Waals surface area contributed by atoms with E-state index in [1.165, 1.54) is 18.4 Å². The minimum atomic E-state index is 0.397. The number of aryl methyl sites for hydroxylation is 1. The molecule has 1 aliphatic heterocycles. The first-order valence-corrected chi connectivity index (χ1v) is 8.97. The average Bonchev–Trinajstić information content (AvgIpc) is 3.38. The summed E-state index contributed by atoms with van der Waals surface area (Å²) in [5, 5.41) is 9.41. The monoisotopic (exact) mass is 333 g/mol. The van der Waals surface area contributed by atoms with E-state index in [9.17, 15) is 5.26 Å². The molecule has 25 heavy (non-hydrogen) atoms. The molecule has 1 aliphatic carbocycles. The lowest BCUT2D eigenvalue weighted by Crippen LogP contribution is -2.35. The zero-order valence-corrected chi connectivity index (χ0v) is 14.8. The van der Waals surface area contributed by atoms with Crippen molar-refractivity contribution in [1.29, 1.82) is 5.26 Å². The van der Waals surface area contributed by atoms with Gasteiger partial charge in [0.2, 0.25) is 0 Å². The number of nitrogens with zero attached hydrogens (tertiary/aromatic N) is 5. The van der Waals surface area contributed by atoms with Crippen molar-refractivity contribution in [3.63, 3.8) is 0 Å². The highest BCUT2D eigenvalue weighted by atomic mass is 15.3. The van der Waals surface area contributed by atoms with E-state index < -0.39 is 0 Å². The average molecular weight is 333 g/mol. The molecule has 2 aliphatic rings. The number of benzene rings is 1. The number of hydrogen-bond acceptors (Lipinski definition) is 5. The predicted octanol–water partition coefficient (Wildman–Crippen LogP) is 3.25. The topological polar surface area (TPSA) is 56.1 Å². The van der Waals surface area contributed by atoms with Crippen LogP contribution in [0.4, 0.5) is 11.5 Å². The Morgan fingerprint density at radius 3 is 2.84 bits per heavy atom. The molecule has 4 rings (SSSR count). The molecule has 1 aromatic heterocycles. The highest BCUT2D eigenvalue weighted by Gasteiger charge is 2.30. The standard InChI is InChI=1S/C20H23N5/c1-14-3-4-16(12-21)18(11-14)25-10-8-17(13-25)24(2)19-7-9-22-20(23-19)15-5-6-15/h3-4,7,9,11,15,17H,5-6,8,10,13H2,1-2H3. The molecule has 1 atom stereocenters. The van der Waals surface area contributed by atoms with E-state index in [0.717, 1.165) is 42.4 Å². The molecule has 128 valence electrons. The van der Waals surface area contributed by atoms with Crippen molar-refractivity contribution in [3.05, 3.63) is 47.4 Å². The maximum atomic E-state index is 9.41. The molecular weight excluding hydrogens is 310 g/mol. The number of aromatic nitrogens is 2. The molecule has 1 saturated heterocycles.